The first-order chi connectivity index (χ1) is 13.1. The third-order valence-electron chi connectivity index (χ3n) is 4.02. The number of para-hydroxylation sites is 2. The average Bonchev–Trinajstić information content (AvgIpc) is 3.11. The molecule has 1 N–H and O–H groups in total. The summed E-state index contributed by atoms with van der Waals surface area (Å²) in [5.41, 5.74) is 1.64. The van der Waals surface area contributed by atoms with Crippen molar-refractivity contribution in [2.24, 2.45) is 0 Å². The molecule has 0 atom stereocenters. The number of fused-ring (bicyclic) bond motifs is 1. The third kappa shape index (κ3) is 3.32. The van der Waals surface area contributed by atoms with Crippen molar-refractivity contribution in [1.29, 1.82) is 0 Å². The molecule has 0 fully saturated rings. The summed E-state index contributed by atoms with van der Waals surface area (Å²) in [6.07, 6.45) is 1.21. The van der Waals surface area contributed by atoms with Gasteiger partial charge in [-0.3, -0.25) is 14.3 Å². The van der Waals surface area contributed by atoms with E-state index in [1.54, 1.807) is 49.4 Å². The largest absolute Gasteiger partial charge is 0.339 e. The average molecular weight is 361 g/mol. The highest BCUT2D eigenvalue weighted by molar-refractivity contribution is 5.95. The number of carbonyl (C=O) groups is 1. The van der Waals surface area contributed by atoms with E-state index in [-0.39, 0.29) is 17.9 Å². The fraction of sp³-hybridized carbons (Fsp3) is 0.105. The van der Waals surface area contributed by atoms with Gasteiger partial charge in [0.2, 0.25) is 23.1 Å². The van der Waals surface area contributed by atoms with Crippen molar-refractivity contribution < 1.29 is 9.32 Å². The second kappa shape index (κ2) is 6.83. The zero-order chi connectivity index (χ0) is 18.8. The molecule has 0 bridgehead atoms. The molecule has 2 aromatic heterocycles. The van der Waals surface area contributed by atoms with Crippen LogP contribution in [-0.4, -0.2) is 25.8 Å². The molecule has 4 aromatic rings. The molecule has 0 radical (unpaired) electrons. The number of benzene rings is 2. The zero-order valence-electron chi connectivity index (χ0n) is 14.4. The number of carbonyl (C=O) groups excluding carboxylic acids is 1. The van der Waals surface area contributed by atoms with Crippen LogP contribution < -0.4 is 10.7 Å². The van der Waals surface area contributed by atoms with E-state index in [0.29, 0.717) is 33.9 Å². The number of hydrogen-bond acceptors (Lipinski definition) is 6. The van der Waals surface area contributed by atoms with Crippen molar-refractivity contribution in [3.8, 4) is 11.4 Å². The van der Waals surface area contributed by atoms with Crippen LogP contribution in [-0.2, 0) is 11.3 Å². The number of nitrogens with one attached hydrogen (secondary N) is 1. The number of rotatable bonds is 4. The molecule has 8 heteroatoms. The number of aromatic nitrogens is 4. The van der Waals surface area contributed by atoms with Crippen LogP contribution in [0.4, 0.5) is 5.69 Å². The van der Waals surface area contributed by atoms with Crippen LogP contribution in [0, 0.1) is 6.92 Å². The molecule has 2 heterocycles. The molecule has 0 aliphatic heterocycles. The van der Waals surface area contributed by atoms with E-state index < -0.39 is 0 Å². The Bertz CT molecular complexity index is 1200. The van der Waals surface area contributed by atoms with Gasteiger partial charge in [0.25, 0.3) is 0 Å². The maximum absolute atomic E-state index is 12.6. The first-order valence-electron chi connectivity index (χ1n) is 8.26. The zero-order valence-corrected chi connectivity index (χ0v) is 14.4. The van der Waals surface area contributed by atoms with Gasteiger partial charge >= 0.3 is 0 Å². The minimum Gasteiger partial charge on any atom is -0.339 e. The SMILES string of the molecule is Cc1nc(-c2ccccc2NC(=O)Cn2ncc(=O)c3ccccc32)no1. The summed E-state index contributed by atoms with van der Waals surface area (Å²) in [5.74, 6) is 0.550. The Morgan fingerprint density at radius 3 is 2.74 bits per heavy atom. The predicted molar refractivity (Wildman–Crippen MR) is 99.1 cm³/mol. The maximum atomic E-state index is 12.6. The highest BCUT2D eigenvalue weighted by Gasteiger charge is 2.14. The first-order valence-corrected chi connectivity index (χ1v) is 8.26. The van der Waals surface area contributed by atoms with Crippen molar-refractivity contribution in [3.63, 3.8) is 0 Å². The number of anilines is 1. The lowest BCUT2D eigenvalue weighted by Gasteiger charge is -2.11. The van der Waals surface area contributed by atoms with Gasteiger partial charge in [-0.15, -0.1) is 0 Å². The van der Waals surface area contributed by atoms with Crippen molar-refractivity contribution in [1.82, 2.24) is 19.9 Å². The van der Waals surface area contributed by atoms with Crippen LogP contribution in [0.5, 0.6) is 0 Å². The van der Waals surface area contributed by atoms with Crippen LogP contribution in [0.1, 0.15) is 5.89 Å². The minimum atomic E-state index is -0.288. The monoisotopic (exact) mass is 361 g/mol. The Hall–Kier alpha value is -3.81. The quantitative estimate of drug-likeness (QED) is 0.599. The molecule has 27 heavy (non-hydrogen) atoms. The molecule has 8 nitrogen and oxygen atoms in total. The van der Waals surface area contributed by atoms with E-state index in [0.717, 1.165) is 0 Å². The van der Waals surface area contributed by atoms with Crippen LogP contribution in [0.25, 0.3) is 22.3 Å². The fourth-order valence-electron chi connectivity index (χ4n) is 2.81. The van der Waals surface area contributed by atoms with Gasteiger partial charge in [-0.1, -0.05) is 29.4 Å². The molecular weight excluding hydrogens is 346 g/mol. The molecule has 0 saturated carbocycles. The van der Waals surface area contributed by atoms with E-state index in [2.05, 4.69) is 20.6 Å². The van der Waals surface area contributed by atoms with E-state index in [4.69, 9.17) is 4.52 Å². The number of aryl methyl sites for hydroxylation is 1. The Morgan fingerprint density at radius 2 is 1.93 bits per heavy atom. The lowest BCUT2D eigenvalue weighted by atomic mass is 10.1. The Kier molecular flexibility index (Phi) is 4.21. The summed E-state index contributed by atoms with van der Waals surface area (Å²) in [5, 5.41) is 11.3. The van der Waals surface area contributed by atoms with Crippen molar-refractivity contribution in [2.75, 3.05) is 5.32 Å². The second-order valence-corrected chi connectivity index (χ2v) is 5.91. The smallest absolute Gasteiger partial charge is 0.246 e. The lowest BCUT2D eigenvalue weighted by Crippen LogP contribution is -2.22. The molecule has 0 spiro atoms. The normalized spacial score (nSPS) is 10.9. The molecule has 2 aromatic carbocycles. The molecule has 0 unspecified atom stereocenters. The second-order valence-electron chi connectivity index (χ2n) is 5.91. The summed E-state index contributed by atoms with van der Waals surface area (Å²) >= 11 is 0. The summed E-state index contributed by atoms with van der Waals surface area (Å²) in [4.78, 5) is 28.7. The minimum absolute atomic E-state index is 0.0413. The molecular formula is C19H15N5O3. The van der Waals surface area contributed by atoms with Crippen molar-refractivity contribution in [3.05, 3.63) is 70.8 Å². The Morgan fingerprint density at radius 1 is 1.15 bits per heavy atom. The van der Waals surface area contributed by atoms with Gasteiger partial charge in [-0.05, 0) is 24.3 Å². The standard InChI is InChI=1S/C19H15N5O3/c1-12-21-19(23-27-12)13-6-2-4-8-15(13)22-18(26)11-24-16-9-5-3-7-14(16)17(25)10-20-24/h2-10H,11H2,1H3,(H,22,26). The molecule has 0 aliphatic rings. The molecule has 134 valence electrons. The Balaban J connectivity index is 1.62. The topological polar surface area (TPSA) is 103 Å². The van der Waals surface area contributed by atoms with E-state index in [1.807, 2.05) is 6.07 Å². The lowest BCUT2D eigenvalue weighted by molar-refractivity contribution is -0.116. The van der Waals surface area contributed by atoms with E-state index >= 15 is 0 Å². The van der Waals surface area contributed by atoms with E-state index in [9.17, 15) is 9.59 Å². The Labute approximate surface area is 153 Å². The van der Waals surface area contributed by atoms with Crippen LogP contribution in [0.2, 0.25) is 0 Å². The third-order valence-corrected chi connectivity index (χ3v) is 4.02. The molecule has 0 aliphatic carbocycles. The molecule has 0 saturated heterocycles. The molecule has 4 rings (SSSR count). The maximum Gasteiger partial charge on any atom is 0.246 e. The highest BCUT2D eigenvalue weighted by Crippen LogP contribution is 2.25. The number of amides is 1. The van der Waals surface area contributed by atoms with Gasteiger partial charge in [0.05, 0.1) is 17.4 Å². The number of nitrogens with zero attached hydrogens (tertiary/aromatic N) is 4. The first kappa shape index (κ1) is 16.6. The van der Waals surface area contributed by atoms with Crippen LogP contribution in [0.3, 0.4) is 0 Å². The van der Waals surface area contributed by atoms with Gasteiger partial charge < -0.3 is 9.84 Å². The van der Waals surface area contributed by atoms with Gasteiger partial charge in [0.15, 0.2) is 0 Å². The van der Waals surface area contributed by atoms with Gasteiger partial charge in [0.1, 0.15) is 6.54 Å². The van der Waals surface area contributed by atoms with E-state index in [1.165, 1.54) is 10.9 Å². The number of hydrogen-bond donors (Lipinski definition) is 1. The van der Waals surface area contributed by atoms with Crippen LogP contribution >= 0.6 is 0 Å². The summed E-state index contributed by atoms with van der Waals surface area (Å²) in [7, 11) is 0. The summed E-state index contributed by atoms with van der Waals surface area (Å²) in [6.45, 7) is 1.66. The van der Waals surface area contributed by atoms with Gasteiger partial charge in [0, 0.05) is 17.9 Å². The fourth-order valence-corrected chi connectivity index (χ4v) is 2.81. The van der Waals surface area contributed by atoms with Crippen LogP contribution in [0.15, 0.2) is 64.0 Å². The summed E-state index contributed by atoms with van der Waals surface area (Å²) in [6, 6.07) is 14.2. The van der Waals surface area contributed by atoms with Gasteiger partial charge in [-0.25, -0.2) is 0 Å². The van der Waals surface area contributed by atoms with Gasteiger partial charge in [-0.2, -0.15) is 10.1 Å². The highest BCUT2D eigenvalue weighted by atomic mass is 16.5. The summed E-state index contributed by atoms with van der Waals surface area (Å²) < 4.78 is 6.51. The predicted octanol–water partition coefficient (Wildman–Crippen LogP) is 2.39. The van der Waals surface area contributed by atoms with Crippen molar-refractivity contribution >= 4 is 22.5 Å². The van der Waals surface area contributed by atoms with Crippen molar-refractivity contribution in [2.45, 2.75) is 13.5 Å². The molecule has 1 amide bonds.